The Morgan fingerprint density at radius 3 is 2.55 bits per heavy atom. The fraction of sp³-hybridized carbons (Fsp3) is 0.294. The van der Waals surface area contributed by atoms with Gasteiger partial charge in [0.05, 0.1) is 4.47 Å². The Morgan fingerprint density at radius 1 is 1.05 bits per heavy atom. The van der Waals surface area contributed by atoms with Crippen LogP contribution in [0.1, 0.15) is 23.6 Å². The number of aryl methyl sites for hydroxylation is 1. The Kier molecular flexibility index (Phi) is 5.62. The third-order valence-electron chi connectivity index (χ3n) is 3.25. The Balaban J connectivity index is 2.14. The van der Waals surface area contributed by atoms with E-state index in [9.17, 15) is 0 Å². The molecule has 106 valence electrons. The lowest BCUT2D eigenvalue weighted by atomic mass is 10.1. The predicted molar refractivity (Wildman–Crippen MR) is 87.0 cm³/mol. The van der Waals surface area contributed by atoms with Crippen LogP contribution in [0.3, 0.4) is 0 Å². The number of nitrogens with one attached hydrogen (secondary N) is 1. The third kappa shape index (κ3) is 3.84. The molecular weight excluding hydrogens is 314 g/mol. The van der Waals surface area contributed by atoms with E-state index in [1.54, 1.807) is 0 Å². The maximum atomic E-state index is 6.04. The van der Waals surface area contributed by atoms with Crippen molar-refractivity contribution in [2.75, 3.05) is 6.54 Å². The van der Waals surface area contributed by atoms with Crippen molar-refractivity contribution in [3.63, 3.8) is 0 Å². The molecule has 0 bridgehead atoms. The number of para-hydroxylation sites is 1. The minimum atomic E-state index is 0.592. The predicted octanol–water partition coefficient (Wildman–Crippen LogP) is 4.45. The van der Waals surface area contributed by atoms with Crippen LogP contribution in [0.15, 0.2) is 46.9 Å². The van der Waals surface area contributed by atoms with E-state index < -0.39 is 0 Å². The lowest BCUT2D eigenvalue weighted by Gasteiger charge is -2.14. The van der Waals surface area contributed by atoms with Gasteiger partial charge in [0.15, 0.2) is 0 Å². The standard InChI is InChI=1S/C17H20BrNO/c1-3-19-11-14-9-6-10-16(18)17(14)20-12-15-8-5-4-7-13(15)2/h4-10,19H,3,11-12H2,1-2H3. The number of benzene rings is 2. The molecule has 2 aromatic carbocycles. The molecule has 0 unspecified atom stereocenters. The van der Waals surface area contributed by atoms with Crippen LogP contribution in [0, 0.1) is 6.92 Å². The first-order chi connectivity index (χ1) is 9.72. The maximum absolute atomic E-state index is 6.04. The van der Waals surface area contributed by atoms with Crippen LogP contribution in [-0.2, 0) is 13.2 Å². The summed E-state index contributed by atoms with van der Waals surface area (Å²) in [4.78, 5) is 0. The van der Waals surface area contributed by atoms with Crippen LogP contribution in [-0.4, -0.2) is 6.54 Å². The monoisotopic (exact) mass is 333 g/mol. The van der Waals surface area contributed by atoms with Crippen molar-refractivity contribution >= 4 is 15.9 Å². The van der Waals surface area contributed by atoms with Gasteiger partial charge in [-0.3, -0.25) is 0 Å². The van der Waals surface area contributed by atoms with Gasteiger partial charge in [0.1, 0.15) is 12.4 Å². The van der Waals surface area contributed by atoms with E-state index in [1.807, 2.05) is 24.3 Å². The molecule has 0 aromatic heterocycles. The molecule has 0 heterocycles. The van der Waals surface area contributed by atoms with Gasteiger partial charge in [0.25, 0.3) is 0 Å². The van der Waals surface area contributed by atoms with E-state index in [-0.39, 0.29) is 0 Å². The first kappa shape index (κ1) is 15.1. The maximum Gasteiger partial charge on any atom is 0.138 e. The topological polar surface area (TPSA) is 21.3 Å². The van der Waals surface area contributed by atoms with E-state index in [4.69, 9.17) is 4.74 Å². The van der Waals surface area contributed by atoms with Crippen molar-refractivity contribution < 1.29 is 4.74 Å². The average Bonchev–Trinajstić information content (AvgIpc) is 2.45. The summed E-state index contributed by atoms with van der Waals surface area (Å²) in [5, 5.41) is 3.34. The lowest BCUT2D eigenvalue weighted by molar-refractivity contribution is 0.299. The molecule has 0 amide bonds. The average molecular weight is 334 g/mol. The van der Waals surface area contributed by atoms with E-state index in [0.29, 0.717) is 6.61 Å². The Hall–Kier alpha value is -1.32. The molecule has 0 saturated heterocycles. The molecule has 2 aromatic rings. The first-order valence-electron chi connectivity index (χ1n) is 6.87. The molecule has 0 aliphatic rings. The summed E-state index contributed by atoms with van der Waals surface area (Å²) < 4.78 is 7.05. The highest BCUT2D eigenvalue weighted by molar-refractivity contribution is 9.10. The van der Waals surface area contributed by atoms with Gasteiger partial charge in [-0.1, -0.05) is 43.3 Å². The lowest BCUT2D eigenvalue weighted by Crippen LogP contribution is -2.13. The summed E-state index contributed by atoms with van der Waals surface area (Å²) in [7, 11) is 0. The fourth-order valence-electron chi connectivity index (χ4n) is 2.04. The second-order valence-corrected chi connectivity index (χ2v) is 5.58. The van der Waals surface area contributed by atoms with Gasteiger partial charge in [0, 0.05) is 12.1 Å². The second-order valence-electron chi connectivity index (χ2n) is 4.72. The molecule has 2 nitrogen and oxygen atoms in total. The van der Waals surface area contributed by atoms with Crippen LogP contribution >= 0.6 is 15.9 Å². The summed E-state index contributed by atoms with van der Waals surface area (Å²) in [6.07, 6.45) is 0. The highest BCUT2D eigenvalue weighted by Gasteiger charge is 2.08. The number of hydrogen-bond donors (Lipinski definition) is 1. The first-order valence-corrected chi connectivity index (χ1v) is 7.67. The molecule has 0 aliphatic heterocycles. The van der Waals surface area contributed by atoms with E-state index in [0.717, 1.165) is 23.3 Å². The molecule has 0 fully saturated rings. The fourth-order valence-corrected chi connectivity index (χ4v) is 2.56. The largest absolute Gasteiger partial charge is 0.487 e. The quantitative estimate of drug-likeness (QED) is 0.843. The van der Waals surface area contributed by atoms with Crippen molar-refractivity contribution in [3.05, 3.63) is 63.6 Å². The molecule has 20 heavy (non-hydrogen) atoms. The van der Waals surface area contributed by atoms with Crippen molar-refractivity contribution in [3.8, 4) is 5.75 Å². The summed E-state index contributed by atoms with van der Waals surface area (Å²) >= 11 is 3.58. The van der Waals surface area contributed by atoms with Crippen LogP contribution in [0.2, 0.25) is 0 Å². The van der Waals surface area contributed by atoms with E-state index in [1.165, 1.54) is 16.7 Å². The Bertz CT molecular complexity index is 569. The number of halogens is 1. The number of hydrogen-bond acceptors (Lipinski definition) is 2. The third-order valence-corrected chi connectivity index (χ3v) is 3.87. The van der Waals surface area contributed by atoms with Gasteiger partial charge < -0.3 is 10.1 Å². The molecule has 0 aliphatic carbocycles. The minimum Gasteiger partial charge on any atom is -0.487 e. The zero-order chi connectivity index (χ0) is 14.4. The van der Waals surface area contributed by atoms with Crippen LogP contribution in [0.25, 0.3) is 0 Å². The smallest absolute Gasteiger partial charge is 0.138 e. The summed E-state index contributed by atoms with van der Waals surface area (Å²) in [6, 6.07) is 14.5. The Morgan fingerprint density at radius 2 is 1.80 bits per heavy atom. The molecular formula is C17H20BrNO. The summed E-state index contributed by atoms with van der Waals surface area (Å²) in [6.45, 7) is 6.57. The zero-order valence-electron chi connectivity index (χ0n) is 11.9. The van der Waals surface area contributed by atoms with Crippen LogP contribution in [0.4, 0.5) is 0 Å². The van der Waals surface area contributed by atoms with Crippen LogP contribution in [0.5, 0.6) is 5.75 Å². The van der Waals surface area contributed by atoms with Gasteiger partial charge in [-0.25, -0.2) is 0 Å². The molecule has 0 atom stereocenters. The number of rotatable bonds is 6. The molecule has 2 rings (SSSR count). The highest BCUT2D eigenvalue weighted by Crippen LogP contribution is 2.30. The van der Waals surface area contributed by atoms with Crippen molar-refractivity contribution in [2.24, 2.45) is 0 Å². The summed E-state index contributed by atoms with van der Waals surface area (Å²) in [5.74, 6) is 0.928. The summed E-state index contributed by atoms with van der Waals surface area (Å²) in [5.41, 5.74) is 3.65. The molecule has 0 spiro atoms. The molecule has 0 radical (unpaired) electrons. The molecule has 3 heteroatoms. The van der Waals surface area contributed by atoms with E-state index >= 15 is 0 Å². The van der Waals surface area contributed by atoms with Crippen LogP contribution < -0.4 is 10.1 Å². The van der Waals surface area contributed by atoms with Gasteiger partial charge >= 0.3 is 0 Å². The zero-order valence-corrected chi connectivity index (χ0v) is 13.5. The highest BCUT2D eigenvalue weighted by atomic mass is 79.9. The van der Waals surface area contributed by atoms with Crippen molar-refractivity contribution in [1.29, 1.82) is 0 Å². The van der Waals surface area contributed by atoms with Gasteiger partial charge in [0.2, 0.25) is 0 Å². The van der Waals surface area contributed by atoms with Crippen molar-refractivity contribution in [2.45, 2.75) is 27.0 Å². The SMILES string of the molecule is CCNCc1cccc(Br)c1OCc1ccccc1C. The number of ether oxygens (including phenoxy) is 1. The molecule has 0 saturated carbocycles. The second kappa shape index (κ2) is 7.46. The minimum absolute atomic E-state index is 0.592. The Labute approximate surface area is 129 Å². The van der Waals surface area contributed by atoms with Gasteiger partial charge in [-0.15, -0.1) is 0 Å². The van der Waals surface area contributed by atoms with Gasteiger partial charge in [-0.05, 0) is 46.6 Å². The van der Waals surface area contributed by atoms with Crippen molar-refractivity contribution in [1.82, 2.24) is 5.32 Å². The molecule has 1 N–H and O–H groups in total. The normalized spacial score (nSPS) is 10.6. The van der Waals surface area contributed by atoms with E-state index in [2.05, 4.69) is 53.3 Å². The van der Waals surface area contributed by atoms with Gasteiger partial charge in [-0.2, -0.15) is 0 Å².